The lowest BCUT2D eigenvalue weighted by molar-refractivity contribution is -0.182. The van der Waals surface area contributed by atoms with E-state index < -0.39 is 32.2 Å². The summed E-state index contributed by atoms with van der Waals surface area (Å²) in [6.07, 6.45) is 15.5. The first-order chi connectivity index (χ1) is 26.7. The Balaban J connectivity index is 1.46. The van der Waals surface area contributed by atoms with Crippen LogP contribution in [0.3, 0.4) is 0 Å². The monoisotopic (exact) mass is 783 g/mol. The molecule has 1 N–H and O–H groups in total. The van der Waals surface area contributed by atoms with Crippen LogP contribution in [-0.4, -0.2) is 92.2 Å². The van der Waals surface area contributed by atoms with Gasteiger partial charge in [-0.05, 0) is 47.5 Å². The number of allylic oxidation sites excluding steroid dienone is 1. The van der Waals surface area contributed by atoms with Crippen molar-refractivity contribution in [1.29, 1.82) is 0 Å². The first kappa shape index (κ1) is 45.1. The van der Waals surface area contributed by atoms with Crippen LogP contribution >= 0.6 is 0 Å². The summed E-state index contributed by atoms with van der Waals surface area (Å²) in [5.41, 5.74) is -1.07. The third-order valence-corrected chi connectivity index (χ3v) is 15.8. The van der Waals surface area contributed by atoms with E-state index in [0.29, 0.717) is 19.6 Å². The Bertz CT molecular complexity index is 1340. The second-order valence-electron chi connectivity index (χ2n) is 16.0. The zero-order chi connectivity index (χ0) is 39.5. The van der Waals surface area contributed by atoms with Crippen molar-refractivity contribution in [2.45, 2.75) is 133 Å². The first-order valence-electron chi connectivity index (χ1n) is 20.5. The van der Waals surface area contributed by atoms with Gasteiger partial charge in [0.2, 0.25) is 0 Å². The van der Waals surface area contributed by atoms with Crippen LogP contribution in [0.2, 0.25) is 5.04 Å². The number of unbranched alkanes of at least 4 members (excludes halogenated alkanes) is 7. The minimum Gasteiger partial charge on any atom is -0.447 e. The molecule has 0 aromatic heterocycles. The minimum atomic E-state index is -2.98. The van der Waals surface area contributed by atoms with Crippen LogP contribution in [0.25, 0.3) is 0 Å². The molecule has 2 fully saturated rings. The van der Waals surface area contributed by atoms with Gasteiger partial charge in [-0.25, -0.2) is 4.79 Å². The highest BCUT2D eigenvalue weighted by Crippen LogP contribution is 2.39. The lowest BCUT2D eigenvalue weighted by Gasteiger charge is -2.46. The zero-order valence-corrected chi connectivity index (χ0v) is 35.5. The SMILES string of the molecule is CCCCCCC1(CCCCCC/C=C/C[C@H](OCOC)[C@@H](OCOC)[C@@]2(CO[Si](c3ccccc3)(c3ccccc3)C(C)(C)C)COC(=O)N2)OCCO1. The van der Waals surface area contributed by atoms with Crippen molar-refractivity contribution >= 4 is 24.8 Å². The van der Waals surface area contributed by atoms with Crippen molar-refractivity contribution < 1.29 is 42.4 Å². The lowest BCUT2D eigenvalue weighted by atomic mass is 9.89. The summed E-state index contributed by atoms with van der Waals surface area (Å²) in [7, 11) is 0.197. The molecule has 11 heteroatoms. The van der Waals surface area contributed by atoms with E-state index in [1.807, 2.05) is 12.1 Å². The van der Waals surface area contributed by atoms with E-state index in [4.69, 9.17) is 37.6 Å². The maximum absolute atomic E-state index is 12.9. The van der Waals surface area contributed by atoms with Crippen LogP contribution < -0.4 is 15.7 Å². The van der Waals surface area contributed by atoms with Crippen molar-refractivity contribution in [1.82, 2.24) is 5.32 Å². The topological polar surface area (TPSA) is 103 Å². The Morgan fingerprint density at radius 2 is 1.38 bits per heavy atom. The Kier molecular flexibility index (Phi) is 18.8. The van der Waals surface area contributed by atoms with Crippen LogP contribution in [0.5, 0.6) is 0 Å². The average molecular weight is 784 g/mol. The second kappa shape index (κ2) is 23.0. The number of rotatable bonds is 27. The fourth-order valence-electron chi connectivity index (χ4n) is 8.07. The molecule has 0 aliphatic carbocycles. The molecule has 55 heavy (non-hydrogen) atoms. The van der Waals surface area contributed by atoms with Gasteiger partial charge in [0.1, 0.15) is 31.8 Å². The van der Waals surface area contributed by atoms with Gasteiger partial charge in [0.05, 0.1) is 25.9 Å². The first-order valence-corrected chi connectivity index (χ1v) is 22.4. The maximum atomic E-state index is 12.9. The number of ether oxygens (including phenoxy) is 7. The summed E-state index contributed by atoms with van der Waals surface area (Å²) in [5, 5.41) is 5.13. The van der Waals surface area contributed by atoms with Gasteiger partial charge in [-0.1, -0.05) is 133 Å². The van der Waals surface area contributed by atoms with Crippen LogP contribution in [0.1, 0.15) is 105 Å². The number of benzene rings is 2. The number of alkyl carbamates (subject to hydrolysis) is 1. The largest absolute Gasteiger partial charge is 0.447 e. The molecule has 4 rings (SSSR count). The molecule has 0 saturated carbocycles. The number of nitrogens with one attached hydrogen (secondary N) is 1. The smallest absolute Gasteiger partial charge is 0.407 e. The summed E-state index contributed by atoms with van der Waals surface area (Å²) >= 11 is 0. The Hall–Kier alpha value is -2.61. The molecule has 2 aliphatic rings. The number of amides is 1. The second-order valence-corrected chi connectivity index (χ2v) is 20.3. The Labute approximate surface area is 332 Å². The summed E-state index contributed by atoms with van der Waals surface area (Å²) < 4.78 is 48.8. The molecule has 2 aromatic rings. The molecular formula is C44H69NO9Si. The fraction of sp³-hybridized carbons (Fsp3) is 0.659. The Morgan fingerprint density at radius 3 is 1.93 bits per heavy atom. The van der Waals surface area contributed by atoms with Gasteiger partial charge < -0.3 is 42.9 Å². The van der Waals surface area contributed by atoms with Crippen LogP contribution in [0.15, 0.2) is 72.8 Å². The predicted molar refractivity (Wildman–Crippen MR) is 219 cm³/mol. The van der Waals surface area contributed by atoms with Crippen LogP contribution in [0.4, 0.5) is 4.79 Å². The molecule has 10 nitrogen and oxygen atoms in total. The maximum Gasteiger partial charge on any atom is 0.407 e. The van der Waals surface area contributed by atoms with Crippen LogP contribution in [0, 0.1) is 0 Å². The van der Waals surface area contributed by atoms with Crippen molar-refractivity contribution in [3.63, 3.8) is 0 Å². The van der Waals surface area contributed by atoms with E-state index in [1.54, 1.807) is 14.2 Å². The molecule has 308 valence electrons. The zero-order valence-electron chi connectivity index (χ0n) is 34.5. The summed E-state index contributed by atoms with van der Waals surface area (Å²) in [6, 6.07) is 20.9. The van der Waals surface area contributed by atoms with Gasteiger partial charge in [-0.3, -0.25) is 0 Å². The van der Waals surface area contributed by atoms with E-state index >= 15 is 0 Å². The lowest BCUT2D eigenvalue weighted by Crippen LogP contribution is -2.70. The van der Waals surface area contributed by atoms with Gasteiger partial charge in [0.15, 0.2) is 5.79 Å². The quantitative estimate of drug-likeness (QED) is 0.0418. The molecule has 3 atom stereocenters. The molecule has 0 spiro atoms. The number of cyclic esters (lactones) is 1. The number of carbonyl (C=O) groups excluding carboxylic acids is 1. The van der Waals surface area contributed by atoms with Gasteiger partial charge in [0, 0.05) is 27.1 Å². The predicted octanol–water partition coefficient (Wildman–Crippen LogP) is 8.02. The molecule has 0 bridgehead atoms. The minimum absolute atomic E-state index is 0.00579. The Morgan fingerprint density at radius 1 is 0.800 bits per heavy atom. The van der Waals surface area contributed by atoms with Gasteiger partial charge in [-0.15, -0.1) is 0 Å². The number of methoxy groups -OCH3 is 2. The van der Waals surface area contributed by atoms with Crippen LogP contribution in [-0.2, 0) is 37.6 Å². The van der Waals surface area contributed by atoms with Crippen molar-refractivity contribution in [3.05, 3.63) is 72.8 Å². The molecule has 2 saturated heterocycles. The van der Waals surface area contributed by atoms with E-state index in [1.165, 1.54) is 25.7 Å². The summed E-state index contributed by atoms with van der Waals surface area (Å²) in [5.74, 6) is -0.363. The van der Waals surface area contributed by atoms with E-state index in [2.05, 4.69) is 93.7 Å². The van der Waals surface area contributed by atoms with E-state index in [-0.39, 0.29) is 37.6 Å². The average Bonchev–Trinajstić information content (AvgIpc) is 3.82. The highest BCUT2D eigenvalue weighted by atomic mass is 28.4. The van der Waals surface area contributed by atoms with Gasteiger partial charge >= 0.3 is 6.09 Å². The fourth-order valence-corrected chi connectivity index (χ4v) is 12.7. The molecule has 0 radical (unpaired) electrons. The molecule has 0 unspecified atom stereocenters. The van der Waals surface area contributed by atoms with E-state index in [0.717, 1.165) is 55.3 Å². The van der Waals surface area contributed by atoms with Gasteiger partial charge in [-0.2, -0.15) is 0 Å². The standard InChI is InChI=1S/C44H69NO9Si/c1-7-8-9-22-29-44(52-31-32-53-44)30-23-14-12-10-11-13-21-28-39(50-35-47-5)40(51-36-48-6)43(33-49-41(46)45-43)34-54-55(42(2,3)4,37-24-17-15-18-25-37)38-26-19-16-20-27-38/h13,15-21,24-27,39-40H,7-12,14,22-23,28-36H2,1-6H3,(H,45,46)/b21-13+/t39-,40+,43-/m0/s1. The molecule has 2 heterocycles. The number of hydrogen-bond donors (Lipinski definition) is 1. The highest BCUT2D eigenvalue weighted by Gasteiger charge is 2.56. The third kappa shape index (κ3) is 12.7. The summed E-state index contributed by atoms with van der Waals surface area (Å²) in [4.78, 5) is 12.9. The van der Waals surface area contributed by atoms with Gasteiger partial charge in [0.25, 0.3) is 8.32 Å². The van der Waals surface area contributed by atoms with Crippen molar-refractivity contribution in [2.75, 3.05) is 54.2 Å². The van der Waals surface area contributed by atoms with E-state index in [9.17, 15) is 4.79 Å². The highest BCUT2D eigenvalue weighted by molar-refractivity contribution is 6.99. The van der Waals surface area contributed by atoms with Crippen molar-refractivity contribution in [2.24, 2.45) is 0 Å². The molecule has 2 aliphatic heterocycles. The van der Waals surface area contributed by atoms with Crippen molar-refractivity contribution in [3.8, 4) is 0 Å². The molecular weight excluding hydrogens is 715 g/mol. The number of carbonyl (C=O) groups is 1. The molecule has 2 aromatic carbocycles. The molecule has 1 amide bonds. The third-order valence-electron chi connectivity index (χ3n) is 10.9. The normalized spacial score (nSPS) is 19.8. The number of hydrogen-bond acceptors (Lipinski definition) is 9. The summed E-state index contributed by atoms with van der Waals surface area (Å²) in [6.45, 7) is 10.6.